The maximum atomic E-state index is 12.8. The van der Waals surface area contributed by atoms with Gasteiger partial charge in [-0.2, -0.15) is 13.2 Å². The van der Waals surface area contributed by atoms with Gasteiger partial charge in [0, 0.05) is 13.1 Å². The van der Waals surface area contributed by atoms with Crippen LogP contribution in [0, 0.1) is 0 Å². The molecule has 0 saturated heterocycles. The molecule has 1 aliphatic heterocycles. The number of carbonyl (C=O) groups is 1. The van der Waals surface area contributed by atoms with E-state index in [9.17, 15) is 18.0 Å². The molecule has 2 aromatic rings. The van der Waals surface area contributed by atoms with E-state index in [0.717, 1.165) is 17.2 Å². The average molecular weight is 348 g/mol. The van der Waals surface area contributed by atoms with Gasteiger partial charge in [-0.3, -0.25) is 4.79 Å². The molecule has 0 spiro atoms. The number of nitrogens with zero attached hydrogens (tertiary/aromatic N) is 1. The van der Waals surface area contributed by atoms with Gasteiger partial charge in [0.05, 0.1) is 11.6 Å². The van der Waals surface area contributed by atoms with Crippen LogP contribution in [0.4, 0.5) is 13.2 Å². The van der Waals surface area contributed by atoms with E-state index in [-0.39, 0.29) is 5.91 Å². The molecule has 1 amide bonds. The molecule has 1 heterocycles. The number of benzene rings is 2. The molecule has 2 N–H and O–H groups in total. The minimum Gasteiger partial charge on any atom is -0.337 e. The second-order valence-corrected chi connectivity index (χ2v) is 6.29. The molecule has 2 aromatic carbocycles. The average Bonchev–Trinajstić information content (AvgIpc) is 2.60. The Kier molecular flexibility index (Phi) is 4.81. The first-order valence-corrected chi connectivity index (χ1v) is 8.12. The van der Waals surface area contributed by atoms with Crippen LogP contribution < -0.4 is 5.73 Å². The molecule has 3 nitrogen and oxygen atoms in total. The maximum absolute atomic E-state index is 12.8. The van der Waals surface area contributed by atoms with Gasteiger partial charge in [-0.15, -0.1) is 0 Å². The lowest BCUT2D eigenvalue weighted by molar-refractivity contribution is -0.138. The first-order valence-electron chi connectivity index (χ1n) is 8.12. The predicted octanol–water partition coefficient (Wildman–Crippen LogP) is 3.16. The summed E-state index contributed by atoms with van der Waals surface area (Å²) >= 11 is 0. The Morgan fingerprint density at radius 3 is 2.52 bits per heavy atom. The summed E-state index contributed by atoms with van der Waals surface area (Å²) in [6.45, 7) is 0.685. The number of alkyl halides is 3. The van der Waals surface area contributed by atoms with E-state index in [1.54, 1.807) is 4.90 Å². The van der Waals surface area contributed by atoms with E-state index >= 15 is 0 Å². The smallest absolute Gasteiger partial charge is 0.337 e. The van der Waals surface area contributed by atoms with E-state index in [1.165, 1.54) is 12.1 Å². The fraction of sp³-hybridized carbons (Fsp3) is 0.316. The van der Waals surface area contributed by atoms with E-state index in [2.05, 4.69) is 0 Å². The molecule has 1 atom stereocenters. The molecule has 0 aromatic heterocycles. The SMILES string of the molecule is N[C@H](Cc1ccccc1)C(=O)N1CCc2cc(C(F)(F)F)ccc2C1. The minimum absolute atomic E-state index is 0.172. The van der Waals surface area contributed by atoms with Crippen LogP contribution in [-0.2, 0) is 30.4 Å². The number of fused-ring (bicyclic) bond motifs is 1. The summed E-state index contributed by atoms with van der Waals surface area (Å²) in [6, 6.07) is 12.6. The van der Waals surface area contributed by atoms with Crippen LogP contribution in [0.2, 0.25) is 0 Å². The normalized spacial score (nSPS) is 15.6. The summed E-state index contributed by atoms with van der Waals surface area (Å²) in [4.78, 5) is 14.2. The highest BCUT2D eigenvalue weighted by atomic mass is 19.4. The molecule has 25 heavy (non-hydrogen) atoms. The number of rotatable bonds is 3. The second-order valence-electron chi connectivity index (χ2n) is 6.29. The van der Waals surface area contributed by atoms with Crippen LogP contribution in [0.5, 0.6) is 0 Å². The predicted molar refractivity (Wildman–Crippen MR) is 88.7 cm³/mol. The molecule has 1 aliphatic rings. The van der Waals surface area contributed by atoms with Gasteiger partial charge in [-0.1, -0.05) is 36.4 Å². The van der Waals surface area contributed by atoms with E-state index in [1.807, 2.05) is 30.3 Å². The number of amides is 1. The molecule has 0 bridgehead atoms. The Bertz CT molecular complexity index is 759. The van der Waals surface area contributed by atoms with E-state index in [0.29, 0.717) is 31.5 Å². The standard InChI is InChI=1S/C19H19F3N2O/c20-19(21,22)16-7-6-15-12-24(9-8-14(15)11-16)18(25)17(23)10-13-4-2-1-3-5-13/h1-7,11,17H,8-10,12,23H2/t17-/m1/s1. The molecule has 0 fully saturated rings. The number of carbonyl (C=O) groups excluding carboxylic acids is 1. The Morgan fingerprint density at radius 2 is 1.84 bits per heavy atom. The van der Waals surface area contributed by atoms with E-state index in [4.69, 9.17) is 5.73 Å². The third-order valence-electron chi connectivity index (χ3n) is 4.47. The molecule has 132 valence electrons. The quantitative estimate of drug-likeness (QED) is 0.926. The van der Waals surface area contributed by atoms with Crippen molar-refractivity contribution in [1.82, 2.24) is 4.90 Å². The third-order valence-corrected chi connectivity index (χ3v) is 4.47. The van der Waals surface area contributed by atoms with Crippen molar-refractivity contribution >= 4 is 5.91 Å². The molecule has 0 radical (unpaired) electrons. The topological polar surface area (TPSA) is 46.3 Å². The van der Waals surface area contributed by atoms with Gasteiger partial charge >= 0.3 is 6.18 Å². The van der Waals surface area contributed by atoms with Crippen molar-refractivity contribution < 1.29 is 18.0 Å². The monoisotopic (exact) mass is 348 g/mol. The summed E-state index contributed by atoms with van der Waals surface area (Å²) in [5.74, 6) is -0.172. The summed E-state index contributed by atoms with van der Waals surface area (Å²) in [5.41, 5.74) is 7.77. The van der Waals surface area contributed by atoms with Crippen molar-refractivity contribution in [1.29, 1.82) is 0 Å². The van der Waals surface area contributed by atoms with Crippen LogP contribution in [-0.4, -0.2) is 23.4 Å². The highest BCUT2D eigenvalue weighted by Gasteiger charge is 2.32. The zero-order valence-electron chi connectivity index (χ0n) is 13.6. The first-order chi connectivity index (χ1) is 11.8. The lowest BCUT2D eigenvalue weighted by Crippen LogP contribution is -2.46. The van der Waals surface area contributed by atoms with Crippen LogP contribution in [0.15, 0.2) is 48.5 Å². The molecule has 6 heteroatoms. The van der Waals surface area contributed by atoms with Crippen molar-refractivity contribution in [2.24, 2.45) is 5.73 Å². The number of nitrogens with two attached hydrogens (primary N) is 1. The first kappa shape index (κ1) is 17.5. The van der Waals surface area contributed by atoms with Gasteiger partial charge in [-0.05, 0) is 41.7 Å². The van der Waals surface area contributed by atoms with Gasteiger partial charge in [-0.25, -0.2) is 0 Å². The number of hydrogen-bond acceptors (Lipinski definition) is 2. The van der Waals surface area contributed by atoms with Crippen LogP contribution in [0.25, 0.3) is 0 Å². The van der Waals surface area contributed by atoms with Gasteiger partial charge in [0.25, 0.3) is 0 Å². The van der Waals surface area contributed by atoms with Crippen molar-refractivity contribution in [2.75, 3.05) is 6.54 Å². The minimum atomic E-state index is -4.35. The molecular formula is C19H19F3N2O. The zero-order valence-corrected chi connectivity index (χ0v) is 13.6. The lowest BCUT2D eigenvalue weighted by Gasteiger charge is -2.31. The van der Waals surface area contributed by atoms with Crippen LogP contribution >= 0.6 is 0 Å². The van der Waals surface area contributed by atoms with E-state index < -0.39 is 17.8 Å². The second kappa shape index (κ2) is 6.88. The van der Waals surface area contributed by atoms with Crippen molar-refractivity contribution in [3.05, 3.63) is 70.8 Å². The maximum Gasteiger partial charge on any atom is 0.416 e. The Hall–Kier alpha value is -2.34. The lowest BCUT2D eigenvalue weighted by atomic mass is 9.96. The summed E-state index contributed by atoms with van der Waals surface area (Å²) in [5, 5.41) is 0. The summed E-state index contributed by atoms with van der Waals surface area (Å²) < 4.78 is 38.4. The Balaban J connectivity index is 1.69. The van der Waals surface area contributed by atoms with Gasteiger partial charge in [0.2, 0.25) is 5.91 Å². The summed E-state index contributed by atoms with van der Waals surface area (Å²) in [6.07, 6.45) is -3.50. The highest BCUT2D eigenvalue weighted by molar-refractivity contribution is 5.82. The molecular weight excluding hydrogens is 329 g/mol. The number of halogens is 3. The van der Waals surface area contributed by atoms with Crippen molar-refractivity contribution in [3.63, 3.8) is 0 Å². The van der Waals surface area contributed by atoms with Crippen molar-refractivity contribution in [3.8, 4) is 0 Å². The van der Waals surface area contributed by atoms with Gasteiger partial charge in [0.15, 0.2) is 0 Å². The zero-order chi connectivity index (χ0) is 18.0. The molecule has 3 rings (SSSR count). The third kappa shape index (κ3) is 4.02. The van der Waals surface area contributed by atoms with Gasteiger partial charge < -0.3 is 10.6 Å². The summed E-state index contributed by atoms with van der Waals surface area (Å²) in [7, 11) is 0. The number of hydrogen-bond donors (Lipinski definition) is 1. The van der Waals surface area contributed by atoms with Crippen LogP contribution in [0.3, 0.4) is 0 Å². The molecule has 0 aliphatic carbocycles. The van der Waals surface area contributed by atoms with Crippen molar-refractivity contribution in [2.45, 2.75) is 31.6 Å². The fourth-order valence-corrected chi connectivity index (χ4v) is 3.11. The Labute approximate surface area is 144 Å². The molecule has 0 unspecified atom stereocenters. The Morgan fingerprint density at radius 1 is 1.12 bits per heavy atom. The van der Waals surface area contributed by atoms with Gasteiger partial charge in [0.1, 0.15) is 0 Å². The van der Waals surface area contributed by atoms with Crippen LogP contribution in [0.1, 0.15) is 22.3 Å². The highest BCUT2D eigenvalue weighted by Crippen LogP contribution is 2.32. The largest absolute Gasteiger partial charge is 0.416 e. The fourth-order valence-electron chi connectivity index (χ4n) is 3.11. The molecule has 0 saturated carbocycles.